The summed E-state index contributed by atoms with van der Waals surface area (Å²) in [4.78, 5) is 23.8. The van der Waals surface area contributed by atoms with E-state index in [1.165, 1.54) is 0 Å². The first-order chi connectivity index (χ1) is 12.8. The second kappa shape index (κ2) is 6.91. The van der Waals surface area contributed by atoms with E-state index in [9.17, 15) is 9.90 Å². The number of halogens is 1. The van der Waals surface area contributed by atoms with Gasteiger partial charge in [0, 0.05) is 30.2 Å². The second-order valence-corrected chi connectivity index (χ2v) is 8.55. The molecule has 1 amide bonds. The number of aromatic nitrogens is 2. The fourth-order valence-electron chi connectivity index (χ4n) is 3.84. The van der Waals surface area contributed by atoms with Crippen LogP contribution >= 0.6 is 11.6 Å². The summed E-state index contributed by atoms with van der Waals surface area (Å²) < 4.78 is 0. The summed E-state index contributed by atoms with van der Waals surface area (Å²) in [6.45, 7) is 4.95. The van der Waals surface area contributed by atoms with Crippen molar-refractivity contribution >= 4 is 34.4 Å². The Morgan fingerprint density at radius 3 is 2.70 bits per heavy atom. The molecule has 1 aliphatic carbocycles. The molecule has 27 heavy (non-hydrogen) atoms. The molecule has 3 heterocycles. The lowest BCUT2D eigenvalue weighted by molar-refractivity contribution is 0.0140. The molecule has 0 spiro atoms. The van der Waals surface area contributed by atoms with E-state index in [1.807, 2.05) is 13.0 Å². The molecular weight excluding hydrogens is 364 g/mol. The van der Waals surface area contributed by atoms with Gasteiger partial charge in [-0.3, -0.25) is 4.79 Å². The van der Waals surface area contributed by atoms with Crippen LogP contribution in [-0.4, -0.2) is 45.2 Å². The first-order valence-electron chi connectivity index (χ1n) is 9.59. The molecule has 1 saturated carbocycles. The van der Waals surface area contributed by atoms with E-state index in [0.29, 0.717) is 35.1 Å². The largest absolute Gasteiger partial charge is 0.390 e. The summed E-state index contributed by atoms with van der Waals surface area (Å²) in [7, 11) is 0. The number of rotatable bonds is 3. The number of nitrogens with zero attached hydrogens (tertiary/aromatic N) is 3. The lowest BCUT2D eigenvalue weighted by atomic mass is 9.83. The third-order valence-corrected chi connectivity index (χ3v) is 6.13. The van der Waals surface area contributed by atoms with Crippen molar-refractivity contribution in [3.8, 4) is 0 Å². The zero-order chi connectivity index (χ0) is 19.2. The monoisotopic (exact) mass is 388 g/mol. The highest BCUT2D eigenvalue weighted by Crippen LogP contribution is 2.33. The molecule has 2 aromatic rings. The van der Waals surface area contributed by atoms with Gasteiger partial charge in [-0.15, -0.1) is 0 Å². The van der Waals surface area contributed by atoms with Crippen LogP contribution in [0.5, 0.6) is 0 Å². The molecule has 6 nitrogen and oxygen atoms in total. The predicted molar refractivity (Wildman–Crippen MR) is 106 cm³/mol. The average Bonchev–Trinajstić information content (AvgIpc) is 2.62. The van der Waals surface area contributed by atoms with E-state index >= 15 is 0 Å². The smallest absolute Gasteiger partial charge is 0.253 e. The number of fused-ring (bicyclic) bond motifs is 1. The molecule has 2 N–H and O–H groups in total. The second-order valence-electron chi connectivity index (χ2n) is 8.14. The molecule has 2 aromatic heterocycles. The van der Waals surface area contributed by atoms with Gasteiger partial charge >= 0.3 is 0 Å². The molecule has 144 valence electrons. The molecule has 0 aromatic carbocycles. The molecule has 7 heteroatoms. The molecule has 1 aliphatic heterocycles. The van der Waals surface area contributed by atoms with Crippen LogP contribution in [0.4, 0.5) is 5.82 Å². The van der Waals surface area contributed by atoms with E-state index in [2.05, 4.69) is 27.1 Å². The maximum absolute atomic E-state index is 12.6. The Labute approximate surface area is 163 Å². The summed E-state index contributed by atoms with van der Waals surface area (Å²) in [6.07, 6.45) is 5.67. The number of pyridine rings is 2. The molecule has 2 fully saturated rings. The van der Waals surface area contributed by atoms with E-state index < -0.39 is 5.60 Å². The van der Waals surface area contributed by atoms with Crippen molar-refractivity contribution in [1.29, 1.82) is 0 Å². The minimum Gasteiger partial charge on any atom is -0.390 e. The first kappa shape index (κ1) is 18.4. The standard InChI is InChI=1S/C20H25ClN4O2/c1-12-5-8-25(12)18-16(21)10-13-9-14(11-22-17(13)24-18)19(26)23-15-3-6-20(2,27)7-4-15/h9-12,15,27H,3-8H2,1-2H3,(H,23,26)/t12-,15-,20-/m0/s1. The number of hydrogen-bond donors (Lipinski definition) is 2. The van der Waals surface area contributed by atoms with Crippen LogP contribution in [0, 0.1) is 0 Å². The van der Waals surface area contributed by atoms with Gasteiger partial charge in [-0.25, -0.2) is 9.97 Å². The molecule has 0 unspecified atom stereocenters. The average molecular weight is 389 g/mol. The molecule has 1 saturated heterocycles. The summed E-state index contributed by atoms with van der Waals surface area (Å²) in [5, 5.41) is 14.4. The van der Waals surface area contributed by atoms with Gasteiger partial charge < -0.3 is 15.3 Å². The molecular formula is C20H25ClN4O2. The zero-order valence-electron chi connectivity index (χ0n) is 15.7. The quantitative estimate of drug-likeness (QED) is 0.843. The third-order valence-electron chi connectivity index (χ3n) is 5.85. The molecule has 1 atom stereocenters. The van der Waals surface area contributed by atoms with Gasteiger partial charge in [-0.2, -0.15) is 0 Å². The minimum absolute atomic E-state index is 0.0883. The fraction of sp³-hybridized carbons (Fsp3) is 0.550. The zero-order valence-corrected chi connectivity index (χ0v) is 16.5. The summed E-state index contributed by atoms with van der Waals surface area (Å²) >= 11 is 6.43. The highest BCUT2D eigenvalue weighted by atomic mass is 35.5. The fourth-order valence-corrected chi connectivity index (χ4v) is 4.11. The van der Waals surface area contributed by atoms with Crippen molar-refractivity contribution in [1.82, 2.24) is 15.3 Å². The molecule has 2 aliphatic rings. The summed E-state index contributed by atoms with van der Waals surface area (Å²) in [6, 6.07) is 4.16. The van der Waals surface area contributed by atoms with E-state index in [-0.39, 0.29) is 11.9 Å². The Morgan fingerprint density at radius 1 is 1.33 bits per heavy atom. The number of anilines is 1. The van der Waals surface area contributed by atoms with Crippen LogP contribution in [0.1, 0.15) is 56.3 Å². The number of hydrogen-bond acceptors (Lipinski definition) is 5. The topological polar surface area (TPSA) is 78.4 Å². The van der Waals surface area contributed by atoms with Crippen LogP contribution < -0.4 is 10.2 Å². The number of carbonyl (C=O) groups excluding carboxylic acids is 1. The number of amides is 1. The van der Waals surface area contributed by atoms with Crippen molar-refractivity contribution in [3.63, 3.8) is 0 Å². The van der Waals surface area contributed by atoms with Crippen LogP contribution in [0.25, 0.3) is 11.0 Å². The minimum atomic E-state index is -0.611. The van der Waals surface area contributed by atoms with Gasteiger partial charge in [0.1, 0.15) is 5.82 Å². The van der Waals surface area contributed by atoms with Gasteiger partial charge in [0.2, 0.25) is 0 Å². The third kappa shape index (κ3) is 3.73. The maximum atomic E-state index is 12.6. The van der Waals surface area contributed by atoms with Crippen molar-refractivity contribution in [3.05, 3.63) is 28.9 Å². The van der Waals surface area contributed by atoms with Crippen molar-refractivity contribution in [2.75, 3.05) is 11.4 Å². The Bertz CT molecular complexity index is 876. The predicted octanol–water partition coefficient (Wildman–Crippen LogP) is 3.31. The number of carbonyl (C=O) groups is 1. The normalized spacial score (nSPS) is 28.1. The van der Waals surface area contributed by atoms with Gasteiger partial charge in [0.15, 0.2) is 5.65 Å². The van der Waals surface area contributed by atoms with Crippen molar-refractivity contribution in [2.45, 2.75) is 63.6 Å². The molecule has 0 bridgehead atoms. The number of aliphatic hydroxyl groups is 1. The number of nitrogens with one attached hydrogen (secondary N) is 1. The SMILES string of the molecule is C[C@H]1CCN1c1nc2ncc(C(=O)N[C@H]3CC[C@](C)(O)CC3)cc2cc1Cl. The maximum Gasteiger partial charge on any atom is 0.253 e. The van der Waals surface area contributed by atoms with Crippen LogP contribution in [0.15, 0.2) is 18.3 Å². The highest BCUT2D eigenvalue weighted by molar-refractivity contribution is 6.33. The Morgan fingerprint density at radius 2 is 2.07 bits per heavy atom. The van der Waals surface area contributed by atoms with E-state index in [1.54, 1.807) is 12.3 Å². The van der Waals surface area contributed by atoms with Gasteiger partial charge in [-0.05, 0) is 58.1 Å². The molecule has 0 radical (unpaired) electrons. The summed E-state index contributed by atoms with van der Waals surface area (Å²) in [5.41, 5.74) is 0.487. The van der Waals surface area contributed by atoms with Crippen LogP contribution in [0.3, 0.4) is 0 Å². The van der Waals surface area contributed by atoms with Gasteiger partial charge in [-0.1, -0.05) is 11.6 Å². The Hall–Kier alpha value is -1.92. The van der Waals surface area contributed by atoms with Crippen LogP contribution in [0.2, 0.25) is 5.02 Å². The first-order valence-corrected chi connectivity index (χ1v) is 9.96. The Kier molecular flexibility index (Phi) is 4.72. The lowest BCUT2D eigenvalue weighted by Crippen LogP contribution is -2.46. The van der Waals surface area contributed by atoms with Crippen molar-refractivity contribution < 1.29 is 9.90 Å². The van der Waals surface area contributed by atoms with E-state index in [4.69, 9.17) is 11.6 Å². The van der Waals surface area contributed by atoms with E-state index in [0.717, 1.165) is 37.0 Å². The van der Waals surface area contributed by atoms with Gasteiger partial charge in [0.25, 0.3) is 5.91 Å². The van der Waals surface area contributed by atoms with Crippen molar-refractivity contribution in [2.24, 2.45) is 0 Å². The van der Waals surface area contributed by atoms with Crippen LogP contribution in [-0.2, 0) is 0 Å². The van der Waals surface area contributed by atoms with Gasteiger partial charge in [0.05, 0.1) is 16.2 Å². The molecule has 4 rings (SSSR count). The Balaban J connectivity index is 1.51. The lowest BCUT2D eigenvalue weighted by Gasteiger charge is -2.40. The highest BCUT2D eigenvalue weighted by Gasteiger charge is 2.30. The summed E-state index contributed by atoms with van der Waals surface area (Å²) in [5.74, 6) is 0.620.